The van der Waals surface area contributed by atoms with Crippen molar-refractivity contribution in [2.45, 2.75) is 83.3 Å². The Kier molecular flexibility index (Phi) is 9.83. The van der Waals surface area contributed by atoms with Gasteiger partial charge < -0.3 is 30.1 Å². The summed E-state index contributed by atoms with van der Waals surface area (Å²) in [5.41, 5.74) is 7.72. The van der Waals surface area contributed by atoms with Gasteiger partial charge in [-0.05, 0) is 86.8 Å². The monoisotopic (exact) mass is 605 g/mol. The largest absolute Gasteiger partial charge is 0.497 e. The van der Waals surface area contributed by atoms with E-state index in [1.807, 2.05) is 58.3 Å². The summed E-state index contributed by atoms with van der Waals surface area (Å²) in [5.74, 6) is 0.975. The van der Waals surface area contributed by atoms with Gasteiger partial charge in [0, 0.05) is 32.2 Å². The van der Waals surface area contributed by atoms with Crippen LogP contribution in [0.25, 0.3) is 0 Å². The highest BCUT2D eigenvalue weighted by molar-refractivity contribution is 5.86. The number of ether oxygens (including phenoxy) is 2. The molecule has 0 aromatic heterocycles. The molecule has 4 fully saturated rings. The molecule has 2 spiro atoms. The molecule has 3 N–H and O–H groups in total. The Bertz CT molecular complexity index is 1310. The van der Waals surface area contributed by atoms with E-state index < -0.39 is 11.4 Å². The zero-order chi connectivity index (χ0) is 31.3. The number of carboxylic acids is 1. The van der Waals surface area contributed by atoms with E-state index in [9.17, 15) is 19.5 Å². The van der Waals surface area contributed by atoms with Gasteiger partial charge in [-0.1, -0.05) is 37.1 Å². The van der Waals surface area contributed by atoms with Gasteiger partial charge in [-0.25, -0.2) is 0 Å². The van der Waals surface area contributed by atoms with Crippen molar-refractivity contribution in [2.24, 2.45) is 22.5 Å². The normalized spacial score (nSPS) is 28.2. The maximum atomic E-state index is 12.9. The number of hydrogen-bond donors (Lipinski definition) is 2. The van der Waals surface area contributed by atoms with E-state index in [2.05, 4.69) is 0 Å². The third kappa shape index (κ3) is 6.88. The fourth-order valence-corrected chi connectivity index (χ4v) is 7.81. The van der Waals surface area contributed by atoms with E-state index >= 15 is 0 Å². The van der Waals surface area contributed by atoms with Crippen molar-refractivity contribution in [1.29, 1.82) is 0 Å². The van der Waals surface area contributed by atoms with E-state index in [-0.39, 0.29) is 23.3 Å². The van der Waals surface area contributed by atoms with Gasteiger partial charge >= 0.3 is 5.97 Å². The van der Waals surface area contributed by atoms with Gasteiger partial charge in [0.2, 0.25) is 11.8 Å². The summed E-state index contributed by atoms with van der Waals surface area (Å²) in [7, 11) is 3.29. The second-order valence-corrected chi connectivity index (χ2v) is 13.2. The van der Waals surface area contributed by atoms with Crippen LogP contribution in [0.3, 0.4) is 0 Å². The number of benzene rings is 2. The molecule has 44 heavy (non-hydrogen) atoms. The maximum Gasteiger partial charge on any atom is 0.306 e. The summed E-state index contributed by atoms with van der Waals surface area (Å²) in [4.78, 5) is 40.9. The highest BCUT2D eigenvalue weighted by Crippen LogP contribution is 2.47. The topological polar surface area (TPSA) is 122 Å². The molecule has 0 unspecified atom stereocenters. The van der Waals surface area contributed by atoms with Crippen molar-refractivity contribution >= 4 is 17.8 Å². The van der Waals surface area contributed by atoms with Crippen molar-refractivity contribution < 1.29 is 29.0 Å². The van der Waals surface area contributed by atoms with Crippen LogP contribution in [0.15, 0.2) is 48.5 Å². The van der Waals surface area contributed by atoms with Gasteiger partial charge in [0.25, 0.3) is 0 Å². The molecule has 9 heteroatoms. The first kappa shape index (κ1) is 31.8. The predicted molar refractivity (Wildman–Crippen MR) is 167 cm³/mol. The molecule has 6 rings (SSSR count). The number of carboxylic acid groups (broad SMARTS) is 1. The molecule has 4 aliphatic rings. The van der Waals surface area contributed by atoms with Gasteiger partial charge in [0.15, 0.2) is 0 Å². The summed E-state index contributed by atoms with van der Waals surface area (Å²) in [6.45, 7) is 2.86. The molecule has 4 atom stereocenters. The van der Waals surface area contributed by atoms with Crippen LogP contribution in [0.2, 0.25) is 0 Å². The van der Waals surface area contributed by atoms with Crippen molar-refractivity contribution in [3.05, 3.63) is 59.7 Å². The first-order chi connectivity index (χ1) is 21.2. The Morgan fingerprint density at radius 2 is 1.23 bits per heavy atom. The minimum atomic E-state index is -0.759. The quantitative estimate of drug-likeness (QED) is 0.455. The standard InChI is InChI=1S/C18H23NO4.C17H24N2O2/c1-23-15-6-4-13(5-7-15)12-19-10-9-18(17(19)22)8-2-3-14(11-18)16(20)21;1-21-15-6-4-13(5-7-15)12-19-10-9-17(16(19)20)8-2-3-14(18)11-17/h4-7,14H,2-3,8-12H2,1H3,(H,20,21);4-7,14H,2-3,8-12,18H2,1H3/t14-,18-;14-,17-/m00/s1. The lowest BCUT2D eigenvalue weighted by atomic mass is 9.68. The predicted octanol–water partition coefficient (Wildman–Crippen LogP) is 5.00. The Morgan fingerprint density at radius 1 is 0.773 bits per heavy atom. The van der Waals surface area contributed by atoms with Gasteiger partial charge in [-0.3, -0.25) is 14.4 Å². The Hall–Kier alpha value is -3.59. The molecular weight excluding hydrogens is 558 g/mol. The smallest absolute Gasteiger partial charge is 0.306 e. The highest BCUT2D eigenvalue weighted by atomic mass is 16.5. The molecule has 2 aromatic rings. The zero-order valence-corrected chi connectivity index (χ0v) is 26.1. The molecule has 2 saturated carbocycles. The number of likely N-dealkylation sites (tertiary alicyclic amines) is 2. The number of nitrogens with zero attached hydrogens (tertiary/aromatic N) is 2. The van der Waals surface area contributed by atoms with E-state index in [1.165, 1.54) is 0 Å². The van der Waals surface area contributed by atoms with Crippen LogP contribution in [-0.2, 0) is 27.5 Å². The Morgan fingerprint density at radius 3 is 1.66 bits per heavy atom. The summed E-state index contributed by atoms with van der Waals surface area (Å²) in [6.07, 6.45) is 8.64. The molecule has 2 heterocycles. The maximum absolute atomic E-state index is 12.9. The lowest BCUT2D eigenvalue weighted by molar-refractivity contribution is -0.147. The van der Waals surface area contributed by atoms with E-state index in [4.69, 9.17) is 15.2 Å². The van der Waals surface area contributed by atoms with Crippen LogP contribution in [0.1, 0.15) is 75.3 Å². The molecule has 0 radical (unpaired) electrons. The van der Waals surface area contributed by atoms with Crippen molar-refractivity contribution in [3.8, 4) is 11.5 Å². The minimum Gasteiger partial charge on any atom is -0.497 e. The number of carbonyl (C=O) groups is 3. The van der Waals surface area contributed by atoms with Crippen LogP contribution < -0.4 is 15.2 Å². The van der Waals surface area contributed by atoms with Gasteiger partial charge in [-0.15, -0.1) is 0 Å². The molecule has 2 saturated heterocycles. The van der Waals surface area contributed by atoms with E-state index in [0.717, 1.165) is 87.1 Å². The molecule has 2 aromatic carbocycles. The average molecular weight is 606 g/mol. The van der Waals surface area contributed by atoms with Crippen molar-refractivity contribution in [3.63, 3.8) is 0 Å². The first-order valence-electron chi connectivity index (χ1n) is 16.0. The molecule has 2 aliphatic carbocycles. The summed E-state index contributed by atoms with van der Waals surface area (Å²) in [5, 5.41) is 9.28. The summed E-state index contributed by atoms with van der Waals surface area (Å²) in [6, 6.07) is 15.9. The fourth-order valence-electron chi connectivity index (χ4n) is 7.81. The van der Waals surface area contributed by atoms with Gasteiger partial charge in [-0.2, -0.15) is 0 Å². The van der Waals surface area contributed by atoms with Crippen LogP contribution in [0.4, 0.5) is 0 Å². The molecule has 238 valence electrons. The van der Waals surface area contributed by atoms with E-state index in [0.29, 0.717) is 31.8 Å². The second kappa shape index (κ2) is 13.6. The number of carbonyl (C=O) groups excluding carboxylic acids is 2. The SMILES string of the molecule is COc1ccc(CN2CC[C@]3(CCC[C@H](C(=O)O)C3)C2=O)cc1.COc1ccc(CN2CC[C@]3(CCC[C@H](N)C3)C2=O)cc1. The molecule has 2 amide bonds. The summed E-state index contributed by atoms with van der Waals surface area (Å²) < 4.78 is 10.3. The highest BCUT2D eigenvalue weighted by Gasteiger charge is 2.50. The van der Waals surface area contributed by atoms with Crippen LogP contribution in [-0.4, -0.2) is 66.0 Å². The zero-order valence-electron chi connectivity index (χ0n) is 26.1. The molecular formula is C35H47N3O6. The van der Waals surface area contributed by atoms with Crippen LogP contribution >= 0.6 is 0 Å². The molecule has 0 bridgehead atoms. The Balaban J connectivity index is 0.000000175. The van der Waals surface area contributed by atoms with Gasteiger partial charge in [0.1, 0.15) is 11.5 Å². The minimum absolute atomic E-state index is 0.138. The molecule has 2 aliphatic heterocycles. The second-order valence-electron chi connectivity index (χ2n) is 13.2. The number of rotatable bonds is 7. The molecule has 9 nitrogen and oxygen atoms in total. The van der Waals surface area contributed by atoms with Crippen molar-refractivity contribution in [1.82, 2.24) is 9.80 Å². The van der Waals surface area contributed by atoms with Crippen LogP contribution in [0.5, 0.6) is 11.5 Å². The lowest BCUT2D eigenvalue weighted by Crippen LogP contribution is -2.42. The van der Waals surface area contributed by atoms with E-state index in [1.54, 1.807) is 14.2 Å². The number of hydrogen-bond acceptors (Lipinski definition) is 6. The van der Waals surface area contributed by atoms with Gasteiger partial charge in [0.05, 0.1) is 31.0 Å². The first-order valence-corrected chi connectivity index (χ1v) is 16.0. The number of aliphatic carboxylic acids is 1. The summed E-state index contributed by atoms with van der Waals surface area (Å²) >= 11 is 0. The Labute approximate surface area is 260 Å². The third-order valence-electron chi connectivity index (χ3n) is 10.3. The van der Waals surface area contributed by atoms with Crippen molar-refractivity contribution in [2.75, 3.05) is 27.3 Å². The number of amides is 2. The number of nitrogens with two attached hydrogens (primary N) is 1. The third-order valence-corrected chi connectivity index (χ3v) is 10.3. The lowest BCUT2D eigenvalue weighted by Gasteiger charge is -2.35. The number of methoxy groups -OCH3 is 2. The average Bonchev–Trinajstić information content (AvgIpc) is 3.48. The van der Waals surface area contributed by atoms with Crippen LogP contribution in [0, 0.1) is 16.7 Å². The fraction of sp³-hybridized carbons (Fsp3) is 0.571.